The van der Waals surface area contributed by atoms with Gasteiger partial charge in [-0.25, -0.2) is 4.68 Å². The molecule has 1 unspecified atom stereocenters. The Morgan fingerprint density at radius 2 is 1.85 bits per heavy atom. The molecule has 5 rings (SSSR count). The van der Waals surface area contributed by atoms with Crippen LogP contribution in [0.1, 0.15) is 45.2 Å². The van der Waals surface area contributed by atoms with Gasteiger partial charge in [0.05, 0.1) is 12.2 Å². The SMILES string of the molecule is O=C(c1cnn2c1N[C@@H](c1ccccc1)C[C@H]2C(F)(F)F)N1CCSC(c2ccccc2Cl)C1. The third kappa shape index (κ3) is 4.38. The maximum Gasteiger partial charge on any atom is 0.410 e. The lowest BCUT2D eigenvalue weighted by Crippen LogP contribution is -2.40. The van der Waals surface area contributed by atoms with Gasteiger partial charge in [-0.05, 0) is 17.2 Å². The molecule has 1 aromatic heterocycles. The van der Waals surface area contributed by atoms with Crippen LogP contribution < -0.4 is 5.32 Å². The van der Waals surface area contributed by atoms with Gasteiger partial charge in [0.2, 0.25) is 0 Å². The predicted molar refractivity (Wildman–Crippen MR) is 127 cm³/mol. The highest BCUT2D eigenvalue weighted by atomic mass is 35.5. The van der Waals surface area contributed by atoms with Crippen molar-refractivity contribution in [3.8, 4) is 0 Å². The van der Waals surface area contributed by atoms with Crippen LogP contribution in [0.15, 0.2) is 60.8 Å². The summed E-state index contributed by atoms with van der Waals surface area (Å²) in [7, 11) is 0. The summed E-state index contributed by atoms with van der Waals surface area (Å²) in [6, 6.07) is 14.1. The summed E-state index contributed by atoms with van der Waals surface area (Å²) in [6.07, 6.45) is -3.44. The molecule has 1 amide bonds. The molecular weight excluding hydrogens is 485 g/mol. The Labute approximate surface area is 204 Å². The van der Waals surface area contributed by atoms with E-state index in [1.807, 2.05) is 30.3 Å². The van der Waals surface area contributed by atoms with Crippen molar-refractivity contribution >= 4 is 35.1 Å². The molecule has 2 aliphatic rings. The van der Waals surface area contributed by atoms with Crippen molar-refractivity contribution in [3.63, 3.8) is 0 Å². The number of hydrogen-bond acceptors (Lipinski definition) is 4. The van der Waals surface area contributed by atoms with Gasteiger partial charge in [-0.15, -0.1) is 0 Å². The molecule has 3 heterocycles. The van der Waals surface area contributed by atoms with E-state index in [1.54, 1.807) is 40.9 Å². The van der Waals surface area contributed by atoms with Crippen LogP contribution in [0.25, 0.3) is 0 Å². The number of benzene rings is 2. The van der Waals surface area contributed by atoms with Gasteiger partial charge in [0.15, 0.2) is 6.04 Å². The number of amides is 1. The number of nitrogens with zero attached hydrogens (tertiary/aromatic N) is 3. The molecule has 3 aromatic rings. The first-order valence-corrected chi connectivity index (χ1v) is 12.4. The highest BCUT2D eigenvalue weighted by molar-refractivity contribution is 7.99. The fourth-order valence-corrected chi connectivity index (χ4v) is 6.16. The van der Waals surface area contributed by atoms with Crippen molar-refractivity contribution < 1.29 is 18.0 Å². The standard InChI is InChI=1S/C24H22ClF3N4OS/c25-18-9-5-4-8-16(18)20-14-31(10-11-34-20)23(33)17-13-29-32-21(24(26,27)28)12-19(30-22(17)32)15-6-2-1-3-7-15/h1-9,13,19-21,30H,10-12,14H2/t19-,20?,21+/m1/s1. The molecule has 2 aliphatic heterocycles. The van der Waals surface area contributed by atoms with E-state index < -0.39 is 18.3 Å². The number of thioether (sulfide) groups is 1. The minimum atomic E-state index is -4.49. The number of anilines is 1. The quantitative estimate of drug-likeness (QED) is 0.464. The van der Waals surface area contributed by atoms with Gasteiger partial charge in [-0.3, -0.25) is 4.79 Å². The normalized spacial score (nSPS) is 22.7. The monoisotopic (exact) mass is 506 g/mol. The van der Waals surface area contributed by atoms with Gasteiger partial charge in [0.1, 0.15) is 11.4 Å². The molecule has 2 aromatic carbocycles. The summed E-state index contributed by atoms with van der Waals surface area (Å²) in [4.78, 5) is 15.2. The molecule has 1 saturated heterocycles. The minimum absolute atomic E-state index is 0.00856. The average molecular weight is 507 g/mol. The first kappa shape index (κ1) is 23.1. The van der Waals surface area contributed by atoms with E-state index in [9.17, 15) is 18.0 Å². The predicted octanol–water partition coefficient (Wildman–Crippen LogP) is 6.13. The van der Waals surface area contributed by atoms with Crippen LogP contribution >= 0.6 is 23.4 Å². The summed E-state index contributed by atoms with van der Waals surface area (Å²) in [6.45, 7) is 0.919. The lowest BCUT2D eigenvalue weighted by Gasteiger charge is -2.35. The summed E-state index contributed by atoms with van der Waals surface area (Å²) < 4.78 is 42.8. The van der Waals surface area contributed by atoms with E-state index in [0.717, 1.165) is 15.8 Å². The molecule has 1 fully saturated rings. The maximum atomic E-state index is 14.0. The molecule has 5 nitrogen and oxygen atoms in total. The van der Waals surface area contributed by atoms with E-state index in [2.05, 4.69) is 10.4 Å². The molecule has 178 valence electrons. The number of halogens is 4. The smallest absolute Gasteiger partial charge is 0.363 e. The summed E-state index contributed by atoms with van der Waals surface area (Å²) in [5.41, 5.74) is 1.83. The van der Waals surface area contributed by atoms with Gasteiger partial charge >= 0.3 is 6.18 Å². The second kappa shape index (κ2) is 9.19. The molecule has 3 atom stereocenters. The number of rotatable bonds is 3. The Balaban J connectivity index is 1.45. The first-order valence-electron chi connectivity index (χ1n) is 10.9. The average Bonchev–Trinajstić information content (AvgIpc) is 3.27. The van der Waals surface area contributed by atoms with Crippen molar-refractivity contribution in [3.05, 3.63) is 82.5 Å². The second-order valence-electron chi connectivity index (χ2n) is 8.38. The van der Waals surface area contributed by atoms with Crippen molar-refractivity contribution in [2.45, 2.75) is 29.9 Å². The lowest BCUT2D eigenvalue weighted by molar-refractivity contribution is -0.173. The van der Waals surface area contributed by atoms with Crippen LogP contribution in [-0.2, 0) is 0 Å². The molecule has 0 bridgehead atoms. The highest BCUT2D eigenvalue weighted by Gasteiger charge is 2.47. The Hall–Kier alpha value is -2.65. The highest BCUT2D eigenvalue weighted by Crippen LogP contribution is 2.45. The summed E-state index contributed by atoms with van der Waals surface area (Å²) in [5.74, 6) is 0.483. The summed E-state index contributed by atoms with van der Waals surface area (Å²) in [5, 5.41) is 7.79. The van der Waals surface area contributed by atoms with E-state index in [4.69, 9.17) is 11.6 Å². The van der Waals surface area contributed by atoms with Crippen molar-refractivity contribution in [1.82, 2.24) is 14.7 Å². The number of fused-ring (bicyclic) bond motifs is 1. The summed E-state index contributed by atoms with van der Waals surface area (Å²) >= 11 is 8.08. The molecule has 0 aliphatic carbocycles. The van der Waals surface area contributed by atoms with Crippen LogP contribution in [0, 0.1) is 0 Å². The van der Waals surface area contributed by atoms with Gasteiger partial charge in [-0.2, -0.15) is 30.0 Å². The molecule has 0 spiro atoms. The van der Waals surface area contributed by atoms with Crippen LogP contribution in [0.5, 0.6) is 0 Å². The van der Waals surface area contributed by atoms with Crippen LogP contribution in [0.3, 0.4) is 0 Å². The van der Waals surface area contributed by atoms with Gasteiger partial charge in [-0.1, -0.05) is 60.1 Å². The number of nitrogens with one attached hydrogen (secondary N) is 1. The van der Waals surface area contributed by atoms with E-state index in [0.29, 0.717) is 23.9 Å². The molecule has 0 radical (unpaired) electrons. The number of alkyl halides is 3. The molecule has 0 saturated carbocycles. The minimum Gasteiger partial charge on any atom is -0.363 e. The van der Waals surface area contributed by atoms with Gasteiger partial charge in [0, 0.05) is 35.5 Å². The fourth-order valence-electron chi connectivity index (χ4n) is 4.55. The lowest BCUT2D eigenvalue weighted by atomic mass is 9.96. The van der Waals surface area contributed by atoms with Crippen LogP contribution in [0.2, 0.25) is 5.02 Å². The first-order chi connectivity index (χ1) is 16.3. The Kier molecular flexibility index (Phi) is 6.24. The van der Waals surface area contributed by atoms with Crippen molar-refractivity contribution in [2.75, 3.05) is 24.2 Å². The molecule has 1 N–H and O–H groups in total. The third-order valence-electron chi connectivity index (χ3n) is 6.28. The van der Waals surface area contributed by atoms with Crippen LogP contribution in [-0.4, -0.2) is 45.6 Å². The number of carbonyl (C=O) groups is 1. The topological polar surface area (TPSA) is 50.2 Å². The molecular formula is C24H22ClF3N4OS. The number of carbonyl (C=O) groups excluding carboxylic acids is 1. The van der Waals surface area contributed by atoms with Crippen LogP contribution in [0.4, 0.5) is 19.0 Å². The number of aromatic nitrogens is 2. The Bertz CT molecular complexity index is 1190. The molecule has 34 heavy (non-hydrogen) atoms. The maximum absolute atomic E-state index is 14.0. The second-order valence-corrected chi connectivity index (χ2v) is 10.1. The van der Waals surface area contributed by atoms with E-state index in [-0.39, 0.29) is 29.0 Å². The van der Waals surface area contributed by atoms with Gasteiger partial charge in [0.25, 0.3) is 5.91 Å². The Morgan fingerprint density at radius 3 is 2.59 bits per heavy atom. The zero-order valence-electron chi connectivity index (χ0n) is 18.0. The largest absolute Gasteiger partial charge is 0.410 e. The van der Waals surface area contributed by atoms with Crippen molar-refractivity contribution in [2.24, 2.45) is 0 Å². The van der Waals surface area contributed by atoms with E-state index in [1.165, 1.54) is 6.20 Å². The third-order valence-corrected chi connectivity index (χ3v) is 7.84. The number of hydrogen-bond donors (Lipinski definition) is 1. The zero-order valence-corrected chi connectivity index (χ0v) is 19.6. The fraction of sp³-hybridized carbons (Fsp3) is 0.333. The van der Waals surface area contributed by atoms with Gasteiger partial charge < -0.3 is 10.2 Å². The molecule has 10 heteroatoms. The Morgan fingerprint density at radius 1 is 1.12 bits per heavy atom. The van der Waals surface area contributed by atoms with E-state index >= 15 is 0 Å². The zero-order chi connectivity index (χ0) is 23.9. The van der Waals surface area contributed by atoms with Crippen molar-refractivity contribution in [1.29, 1.82) is 0 Å².